The van der Waals surface area contributed by atoms with Crippen LogP contribution in [0.4, 0.5) is 0 Å². The summed E-state index contributed by atoms with van der Waals surface area (Å²) < 4.78 is 4.87. The highest BCUT2D eigenvalue weighted by molar-refractivity contribution is 7.99. The van der Waals surface area contributed by atoms with E-state index in [1.165, 1.54) is 25.7 Å². The third kappa shape index (κ3) is 4.89. The van der Waals surface area contributed by atoms with Gasteiger partial charge in [-0.2, -0.15) is 11.8 Å². The summed E-state index contributed by atoms with van der Waals surface area (Å²) in [5.41, 5.74) is 0. The molecule has 0 aromatic rings. The van der Waals surface area contributed by atoms with Crippen molar-refractivity contribution >= 4 is 17.7 Å². The van der Waals surface area contributed by atoms with Gasteiger partial charge in [-0.25, -0.2) is 0 Å². The van der Waals surface area contributed by atoms with Gasteiger partial charge in [0, 0.05) is 11.7 Å². The highest BCUT2D eigenvalue weighted by Gasteiger charge is 2.14. The SMILES string of the molecule is CCOC(=O)CCCSC1CCCC1. The van der Waals surface area contributed by atoms with Crippen LogP contribution in [0, 0.1) is 0 Å². The molecular weight excluding hydrogens is 196 g/mol. The van der Waals surface area contributed by atoms with E-state index >= 15 is 0 Å². The van der Waals surface area contributed by atoms with Crippen LogP contribution in [0.25, 0.3) is 0 Å². The minimum Gasteiger partial charge on any atom is -0.466 e. The second-order valence-corrected chi connectivity index (χ2v) is 5.09. The number of thioether (sulfide) groups is 1. The van der Waals surface area contributed by atoms with Crippen LogP contribution < -0.4 is 0 Å². The summed E-state index contributed by atoms with van der Waals surface area (Å²) in [5, 5.41) is 0.872. The van der Waals surface area contributed by atoms with Gasteiger partial charge in [0.15, 0.2) is 0 Å². The summed E-state index contributed by atoms with van der Waals surface area (Å²) >= 11 is 2.04. The lowest BCUT2D eigenvalue weighted by Gasteiger charge is -2.07. The average molecular weight is 216 g/mol. The Morgan fingerprint density at radius 2 is 2.14 bits per heavy atom. The average Bonchev–Trinajstić information content (AvgIpc) is 2.65. The van der Waals surface area contributed by atoms with Crippen LogP contribution in [0.1, 0.15) is 45.4 Å². The molecule has 3 heteroatoms. The number of carbonyl (C=O) groups is 1. The number of hydrogen-bond donors (Lipinski definition) is 0. The van der Waals surface area contributed by atoms with Crippen LogP contribution in [0.2, 0.25) is 0 Å². The molecule has 1 aliphatic carbocycles. The molecule has 0 heterocycles. The van der Waals surface area contributed by atoms with Crippen molar-refractivity contribution in [3.05, 3.63) is 0 Å². The van der Waals surface area contributed by atoms with Crippen LogP contribution in [-0.4, -0.2) is 23.6 Å². The van der Waals surface area contributed by atoms with Gasteiger partial charge in [0.1, 0.15) is 0 Å². The predicted octanol–water partition coefficient (Wildman–Crippen LogP) is 3.01. The summed E-state index contributed by atoms with van der Waals surface area (Å²) in [6.07, 6.45) is 7.12. The van der Waals surface area contributed by atoms with Gasteiger partial charge in [-0.3, -0.25) is 4.79 Å². The van der Waals surface area contributed by atoms with E-state index in [2.05, 4.69) is 0 Å². The van der Waals surface area contributed by atoms with Gasteiger partial charge in [-0.05, 0) is 31.9 Å². The summed E-state index contributed by atoms with van der Waals surface area (Å²) in [7, 11) is 0. The van der Waals surface area contributed by atoms with Crippen LogP contribution >= 0.6 is 11.8 Å². The fourth-order valence-electron chi connectivity index (χ4n) is 1.75. The summed E-state index contributed by atoms with van der Waals surface area (Å²) in [4.78, 5) is 11.0. The van der Waals surface area contributed by atoms with Crippen molar-refractivity contribution in [1.82, 2.24) is 0 Å². The first-order chi connectivity index (χ1) is 6.83. The van der Waals surface area contributed by atoms with Gasteiger partial charge in [0.25, 0.3) is 0 Å². The molecule has 2 nitrogen and oxygen atoms in total. The minimum atomic E-state index is -0.0421. The zero-order valence-electron chi connectivity index (χ0n) is 8.96. The molecular formula is C11H20O2S. The molecule has 1 fully saturated rings. The highest BCUT2D eigenvalue weighted by atomic mass is 32.2. The Morgan fingerprint density at radius 1 is 1.43 bits per heavy atom. The molecule has 14 heavy (non-hydrogen) atoms. The molecule has 0 N–H and O–H groups in total. The number of rotatable bonds is 6. The molecule has 0 atom stereocenters. The number of carbonyl (C=O) groups excluding carboxylic acids is 1. The quantitative estimate of drug-likeness (QED) is 0.504. The topological polar surface area (TPSA) is 26.3 Å². The Balaban J connectivity index is 1.90. The van der Waals surface area contributed by atoms with Gasteiger partial charge in [0.05, 0.1) is 6.61 Å². The van der Waals surface area contributed by atoms with Crippen molar-refractivity contribution in [2.24, 2.45) is 0 Å². The van der Waals surface area contributed by atoms with E-state index in [0.29, 0.717) is 13.0 Å². The number of hydrogen-bond acceptors (Lipinski definition) is 3. The Labute approximate surface area is 90.8 Å². The Kier molecular flexibility index (Phi) is 6.08. The lowest BCUT2D eigenvalue weighted by Crippen LogP contribution is -2.04. The van der Waals surface area contributed by atoms with Crippen molar-refractivity contribution in [1.29, 1.82) is 0 Å². The number of esters is 1. The maximum Gasteiger partial charge on any atom is 0.305 e. The van der Waals surface area contributed by atoms with Crippen molar-refractivity contribution < 1.29 is 9.53 Å². The Hall–Kier alpha value is -0.180. The zero-order valence-corrected chi connectivity index (χ0v) is 9.78. The first kappa shape index (κ1) is 11.9. The fourth-order valence-corrected chi connectivity index (χ4v) is 3.07. The van der Waals surface area contributed by atoms with Crippen LogP contribution in [0.3, 0.4) is 0 Å². The molecule has 1 saturated carbocycles. The maximum absolute atomic E-state index is 11.0. The second-order valence-electron chi connectivity index (χ2n) is 3.69. The van der Waals surface area contributed by atoms with E-state index in [9.17, 15) is 4.79 Å². The van der Waals surface area contributed by atoms with Crippen molar-refractivity contribution in [2.75, 3.05) is 12.4 Å². The molecule has 1 rings (SSSR count). The van der Waals surface area contributed by atoms with Gasteiger partial charge >= 0.3 is 5.97 Å². The predicted molar refractivity (Wildman–Crippen MR) is 60.6 cm³/mol. The Morgan fingerprint density at radius 3 is 2.79 bits per heavy atom. The smallest absolute Gasteiger partial charge is 0.305 e. The van der Waals surface area contributed by atoms with Gasteiger partial charge in [-0.15, -0.1) is 0 Å². The zero-order chi connectivity index (χ0) is 10.2. The van der Waals surface area contributed by atoms with Crippen LogP contribution in [0.5, 0.6) is 0 Å². The monoisotopic (exact) mass is 216 g/mol. The molecule has 1 aliphatic rings. The standard InChI is InChI=1S/C11H20O2S/c1-2-13-11(12)8-5-9-14-10-6-3-4-7-10/h10H,2-9H2,1H3. The van der Waals surface area contributed by atoms with E-state index in [1.807, 2.05) is 18.7 Å². The van der Waals surface area contributed by atoms with E-state index in [0.717, 1.165) is 17.4 Å². The van der Waals surface area contributed by atoms with Gasteiger partial charge in [-0.1, -0.05) is 12.8 Å². The lowest BCUT2D eigenvalue weighted by molar-refractivity contribution is -0.143. The number of ether oxygens (including phenoxy) is 1. The minimum absolute atomic E-state index is 0.0421. The first-order valence-corrected chi connectivity index (χ1v) is 6.65. The van der Waals surface area contributed by atoms with E-state index in [4.69, 9.17) is 4.74 Å². The van der Waals surface area contributed by atoms with E-state index in [-0.39, 0.29) is 5.97 Å². The van der Waals surface area contributed by atoms with Gasteiger partial charge < -0.3 is 4.74 Å². The van der Waals surface area contributed by atoms with Crippen molar-refractivity contribution in [2.45, 2.75) is 50.7 Å². The molecule has 0 bridgehead atoms. The maximum atomic E-state index is 11.0. The molecule has 0 spiro atoms. The molecule has 0 aliphatic heterocycles. The summed E-state index contributed by atoms with van der Waals surface area (Å²) in [5.74, 6) is 1.07. The summed E-state index contributed by atoms with van der Waals surface area (Å²) in [6, 6.07) is 0. The largest absolute Gasteiger partial charge is 0.466 e. The van der Waals surface area contributed by atoms with E-state index < -0.39 is 0 Å². The van der Waals surface area contributed by atoms with Gasteiger partial charge in [0.2, 0.25) is 0 Å². The molecule has 82 valence electrons. The van der Waals surface area contributed by atoms with Crippen molar-refractivity contribution in [3.8, 4) is 0 Å². The van der Waals surface area contributed by atoms with E-state index in [1.54, 1.807) is 0 Å². The Bertz CT molecular complexity index is 165. The van der Waals surface area contributed by atoms with Crippen molar-refractivity contribution in [3.63, 3.8) is 0 Å². The molecule has 0 amide bonds. The first-order valence-electron chi connectivity index (χ1n) is 5.60. The normalized spacial score (nSPS) is 17.2. The molecule has 0 aromatic carbocycles. The molecule has 0 aromatic heterocycles. The molecule has 0 radical (unpaired) electrons. The third-order valence-corrected chi connectivity index (χ3v) is 3.95. The van der Waals surface area contributed by atoms with Crippen LogP contribution in [0.15, 0.2) is 0 Å². The molecule has 0 unspecified atom stereocenters. The van der Waals surface area contributed by atoms with Crippen LogP contribution in [-0.2, 0) is 9.53 Å². The summed E-state index contributed by atoms with van der Waals surface area (Å²) in [6.45, 7) is 2.36. The fraction of sp³-hybridized carbons (Fsp3) is 0.909. The molecule has 0 saturated heterocycles. The second kappa shape index (κ2) is 7.16. The highest BCUT2D eigenvalue weighted by Crippen LogP contribution is 2.29. The lowest BCUT2D eigenvalue weighted by atomic mass is 10.3. The third-order valence-electron chi connectivity index (χ3n) is 2.49.